The van der Waals surface area contributed by atoms with Crippen molar-refractivity contribution in [2.75, 3.05) is 44.2 Å². The first-order chi connectivity index (χ1) is 12.6. The number of anilines is 1. The molecule has 0 saturated carbocycles. The average Bonchev–Trinajstić information content (AvgIpc) is 2.68. The highest BCUT2D eigenvalue weighted by Gasteiger charge is 2.27. The van der Waals surface area contributed by atoms with Crippen LogP contribution in [0.25, 0.3) is 0 Å². The summed E-state index contributed by atoms with van der Waals surface area (Å²) in [7, 11) is 0. The van der Waals surface area contributed by atoms with E-state index in [4.69, 9.17) is 4.74 Å². The topological polar surface area (TPSA) is 68.3 Å². The highest BCUT2D eigenvalue weighted by Crippen LogP contribution is 2.18. The summed E-state index contributed by atoms with van der Waals surface area (Å²) in [5.74, 6) is 1.64. The molecule has 3 N–H and O–H groups in total. The van der Waals surface area contributed by atoms with Crippen molar-refractivity contribution in [3.05, 3.63) is 54.2 Å². The quantitative estimate of drug-likeness (QED) is 0.676. The minimum atomic E-state index is -0.556. The summed E-state index contributed by atoms with van der Waals surface area (Å²) in [6, 6.07) is 13.3. The van der Waals surface area contributed by atoms with Crippen molar-refractivity contribution in [3.63, 3.8) is 0 Å². The molecule has 6 heteroatoms. The summed E-state index contributed by atoms with van der Waals surface area (Å²) >= 11 is 0. The van der Waals surface area contributed by atoms with E-state index in [1.807, 2.05) is 30.5 Å². The molecular formula is C20H27N3O3+2. The number of quaternary nitrogens is 1. The summed E-state index contributed by atoms with van der Waals surface area (Å²) < 4.78 is 5.69. The predicted molar refractivity (Wildman–Crippen MR) is 98.7 cm³/mol. The molecule has 2 heterocycles. The molecule has 138 valence electrons. The van der Waals surface area contributed by atoms with Gasteiger partial charge >= 0.3 is 0 Å². The number of rotatable bonds is 7. The fourth-order valence-electron chi connectivity index (χ4n) is 3.31. The van der Waals surface area contributed by atoms with E-state index < -0.39 is 6.10 Å². The van der Waals surface area contributed by atoms with Crippen molar-refractivity contribution in [2.24, 2.45) is 0 Å². The number of carbonyl (C=O) groups is 1. The lowest BCUT2D eigenvalue weighted by atomic mass is 10.1. The van der Waals surface area contributed by atoms with E-state index in [0.29, 0.717) is 17.9 Å². The zero-order chi connectivity index (χ0) is 18.4. The maximum atomic E-state index is 11.6. The number of aliphatic hydroxyl groups is 1. The summed E-state index contributed by atoms with van der Waals surface area (Å²) in [6.07, 6.45) is 1.38. The number of benzene rings is 1. The molecule has 1 aliphatic rings. The minimum absolute atomic E-state index is 0.0328. The Hall–Kier alpha value is -2.44. The van der Waals surface area contributed by atoms with Crippen molar-refractivity contribution in [1.82, 2.24) is 0 Å². The second kappa shape index (κ2) is 8.78. The number of aliphatic hydroxyl groups excluding tert-OH is 1. The molecule has 0 bridgehead atoms. The van der Waals surface area contributed by atoms with Gasteiger partial charge in [0.25, 0.3) is 5.82 Å². The van der Waals surface area contributed by atoms with Gasteiger partial charge in [-0.2, -0.15) is 0 Å². The molecule has 6 nitrogen and oxygen atoms in total. The zero-order valence-corrected chi connectivity index (χ0v) is 15.1. The summed E-state index contributed by atoms with van der Waals surface area (Å²) in [5, 5.41) is 10.3. The van der Waals surface area contributed by atoms with Gasteiger partial charge < -0.3 is 14.7 Å². The van der Waals surface area contributed by atoms with Crippen molar-refractivity contribution < 1.29 is 24.5 Å². The predicted octanol–water partition coefficient (Wildman–Crippen LogP) is -0.152. The molecule has 0 amide bonds. The van der Waals surface area contributed by atoms with Crippen molar-refractivity contribution in [3.8, 4) is 5.75 Å². The lowest BCUT2D eigenvalue weighted by Gasteiger charge is -2.29. The SMILES string of the molecule is CC(=O)c1ccccc1OC[C@H](O)C[NH+]1CCN(c2cccc[nH+]2)CC1. The Balaban J connectivity index is 1.45. The van der Waals surface area contributed by atoms with Crippen LogP contribution in [-0.4, -0.2) is 56.3 Å². The minimum Gasteiger partial charge on any atom is -0.490 e. The van der Waals surface area contributed by atoms with E-state index in [9.17, 15) is 9.90 Å². The average molecular weight is 357 g/mol. The molecule has 3 rings (SSSR count). The van der Waals surface area contributed by atoms with E-state index in [-0.39, 0.29) is 12.4 Å². The van der Waals surface area contributed by atoms with Gasteiger partial charge in [-0.15, -0.1) is 0 Å². The molecule has 0 radical (unpaired) electrons. The second-order valence-electron chi connectivity index (χ2n) is 6.71. The molecule has 1 aromatic carbocycles. The van der Waals surface area contributed by atoms with Gasteiger partial charge in [0.05, 0.1) is 11.8 Å². The van der Waals surface area contributed by atoms with Crippen LogP contribution in [0.4, 0.5) is 5.82 Å². The first-order valence-corrected chi connectivity index (χ1v) is 9.09. The highest BCUT2D eigenvalue weighted by atomic mass is 16.5. The molecule has 1 fully saturated rings. The van der Waals surface area contributed by atoms with Crippen LogP contribution >= 0.6 is 0 Å². The number of hydrogen-bond donors (Lipinski definition) is 2. The van der Waals surface area contributed by atoms with E-state index in [0.717, 1.165) is 32.0 Å². The van der Waals surface area contributed by atoms with E-state index >= 15 is 0 Å². The number of hydrogen-bond acceptors (Lipinski definition) is 4. The Morgan fingerprint density at radius 2 is 1.96 bits per heavy atom. The largest absolute Gasteiger partial charge is 0.490 e. The number of aromatic nitrogens is 1. The Bertz CT molecular complexity index is 715. The van der Waals surface area contributed by atoms with E-state index in [2.05, 4.69) is 16.0 Å². The summed E-state index contributed by atoms with van der Waals surface area (Å²) in [5.41, 5.74) is 0.555. The van der Waals surface area contributed by atoms with Crippen LogP contribution in [0.1, 0.15) is 17.3 Å². The van der Waals surface area contributed by atoms with Crippen LogP contribution in [-0.2, 0) is 0 Å². The third-order valence-electron chi connectivity index (χ3n) is 4.73. The monoisotopic (exact) mass is 357 g/mol. The lowest BCUT2D eigenvalue weighted by molar-refractivity contribution is -0.903. The fourth-order valence-corrected chi connectivity index (χ4v) is 3.31. The molecular weight excluding hydrogens is 330 g/mol. The van der Waals surface area contributed by atoms with Crippen LogP contribution in [0.5, 0.6) is 5.75 Å². The summed E-state index contributed by atoms with van der Waals surface area (Å²) in [6.45, 7) is 6.23. The molecule has 1 aromatic heterocycles. The second-order valence-corrected chi connectivity index (χ2v) is 6.71. The van der Waals surface area contributed by atoms with Crippen LogP contribution in [0.15, 0.2) is 48.7 Å². The molecule has 26 heavy (non-hydrogen) atoms. The van der Waals surface area contributed by atoms with Crippen LogP contribution in [0, 0.1) is 0 Å². The standard InChI is InChI=1S/C20H25N3O3/c1-16(24)18-6-2-3-7-19(18)26-15-17(25)14-22-10-12-23(13-11-22)20-8-4-5-9-21-20/h2-9,17,25H,10-15H2,1H3/p+2/t17-/m1/s1. The normalized spacial score (nSPS) is 16.3. The van der Waals surface area contributed by atoms with Gasteiger partial charge in [0, 0.05) is 6.07 Å². The van der Waals surface area contributed by atoms with Crippen LogP contribution < -0.4 is 19.5 Å². The molecule has 1 atom stereocenters. The summed E-state index contributed by atoms with van der Waals surface area (Å²) in [4.78, 5) is 18.6. The first kappa shape index (κ1) is 18.4. The number of H-pyrrole nitrogens is 1. The molecule has 0 unspecified atom stereocenters. The van der Waals surface area contributed by atoms with Crippen LogP contribution in [0.3, 0.4) is 0 Å². The Kier molecular flexibility index (Phi) is 6.20. The Morgan fingerprint density at radius 3 is 2.65 bits per heavy atom. The maximum absolute atomic E-state index is 11.6. The number of Topliss-reactive ketones (excluding diaryl/α,β-unsaturated/α-hetero) is 1. The molecule has 0 spiro atoms. The number of ether oxygens (including phenoxy) is 1. The van der Waals surface area contributed by atoms with Gasteiger partial charge in [0.1, 0.15) is 51.2 Å². The van der Waals surface area contributed by atoms with Gasteiger partial charge in [-0.1, -0.05) is 18.2 Å². The number of carbonyl (C=O) groups excluding carboxylic acids is 1. The van der Waals surface area contributed by atoms with Gasteiger partial charge in [0.2, 0.25) is 0 Å². The highest BCUT2D eigenvalue weighted by molar-refractivity contribution is 5.96. The first-order valence-electron chi connectivity index (χ1n) is 9.09. The molecule has 0 aliphatic carbocycles. The fraction of sp³-hybridized carbons (Fsp3) is 0.400. The van der Waals surface area contributed by atoms with Gasteiger partial charge in [-0.25, -0.2) is 4.98 Å². The van der Waals surface area contributed by atoms with Crippen molar-refractivity contribution in [2.45, 2.75) is 13.0 Å². The van der Waals surface area contributed by atoms with E-state index in [1.165, 1.54) is 11.8 Å². The van der Waals surface area contributed by atoms with Gasteiger partial charge in [0.15, 0.2) is 5.78 Å². The molecule has 2 aromatic rings. The van der Waals surface area contributed by atoms with E-state index in [1.54, 1.807) is 12.1 Å². The maximum Gasteiger partial charge on any atom is 0.274 e. The Morgan fingerprint density at radius 1 is 1.23 bits per heavy atom. The Labute approximate surface area is 154 Å². The number of nitrogens with one attached hydrogen (secondary N) is 2. The number of nitrogens with zero attached hydrogens (tertiary/aromatic N) is 1. The van der Waals surface area contributed by atoms with Gasteiger partial charge in [-0.05, 0) is 25.1 Å². The third-order valence-corrected chi connectivity index (χ3v) is 4.73. The number of aromatic amines is 1. The molecule has 1 aliphatic heterocycles. The number of ketones is 1. The number of piperazine rings is 1. The van der Waals surface area contributed by atoms with Gasteiger partial charge in [-0.3, -0.25) is 9.69 Å². The van der Waals surface area contributed by atoms with Crippen molar-refractivity contribution >= 4 is 11.6 Å². The van der Waals surface area contributed by atoms with Crippen molar-refractivity contribution in [1.29, 1.82) is 0 Å². The molecule has 1 saturated heterocycles. The smallest absolute Gasteiger partial charge is 0.274 e. The number of para-hydroxylation sites is 1. The lowest BCUT2D eigenvalue weighted by Crippen LogP contribution is -3.16. The number of pyridine rings is 1. The third kappa shape index (κ3) is 4.80. The van der Waals surface area contributed by atoms with Crippen LogP contribution in [0.2, 0.25) is 0 Å². The zero-order valence-electron chi connectivity index (χ0n) is 15.1.